The molecule has 0 radical (unpaired) electrons. The lowest BCUT2D eigenvalue weighted by Crippen LogP contribution is -2.46. The summed E-state index contributed by atoms with van der Waals surface area (Å²) >= 11 is 0. The zero-order valence-electron chi connectivity index (χ0n) is 11.0. The lowest BCUT2D eigenvalue weighted by Gasteiger charge is -2.33. The molecule has 0 aromatic heterocycles. The molecule has 5 nitrogen and oxygen atoms in total. The SMILES string of the molecule is CCCC1OC[C@H]2O[C@@H]3OC(CCC)O[C@@H]3[C@H]2O1. The van der Waals surface area contributed by atoms with E-state index in [0.29, 0.717) is 6.61 Å². The lowest BCUT2D eigenvalue weighted by atomic mass is 10.1. The summed E-state index contributed by atoms with van der Waals surface area (Å²) in [6, 6.07) is 0. The molecule has 3 fully saturated rings. The maximum atomic E-state index is 5.94. The van der Waals surface area contributed by atoms with Crippen molar-refractivity contribution in [3.05, 3.63) is 0 Å². The topological polar surface area (TPSA) is 46.2 Å². The molecule has 5 heteroatoms. The van der Waals surface area contributed by atoms with E-state index in [2.05, 4.69) is 13.8 Å². The van der Waals surface area contributed by atoms with Crippen LogP contribution in [0.15, 0.2) is 0 Å². The molecule has 3 aliphatic heterocycles. The molecule has 2 unspecified atom stereocenters. The maximum Gasteiger partial charge on any atom is 0.190 e. The van der Waals surface area contributed by atoms with Crippen LogP contribution < -0.4 is 0 Å². The molecule has 0 N–H and O–H groups in total. The normalized spacial score (nSPS) is 47.0. The molecule has 6 atom stereocenters. The quantitative estimate of drug-likeness (QED) is 0.769. The molecule has 0 aliphatic carbocycles. The molecule has 18 heavy (non-hydrogen) atoms. The minimum absolute atomic E-state index is 0.0397. The Labute approximate surface area is 108 Å². The predicted molar refractivity (Wildman–Crippen MR) is 62.8 cm³/mol. The largest absolute Gasteiger partial charge is 0.350 e. The standard InChI is InChI=1S/C13H22O5/c1-3-5-9-14-7-8-11(16-9)12-13(15-8)18-10(17-12)6-4-2/h8-13H,3-7H2,1-2H3/t8-,9?,10?,11+,12-,13-/m1/s1. The van der Waals surface area contributed by atoms with Gasteiger partial charge in [0.2, 0.25) is 0 Å². The molecule has 3 saturated heterocycles. The van der Waals surface area contributed by atoms with Crippen LogP contribution in [0, 0.1) is 0 Å². The van der Waals surface area contributed by atoms with Gasteiger partial charge in [-0.3, -0.25) is 0 Å². The fraction of sp³-hybridized carbons (Fsp3) is 1.00. The number of fused-ring (bicyclic) bond motifs is 3. The highest BCUT2D eigenvalue weighted by Gasteiger charge is 2.54. The minimum Gasteiger partial charge on any atom is -0.350 e. The van der Waals surface area contributed by atoms with Crippen molar-refractivity contribution in [2.75, 3.05) is 6.61 Å². The monoisotopic (exact) mass is 258 g/mol. The van der Waals surface area contributed by atoms with Crippen molar-refractivity contribution in [1.82, 2.24) is 0 Å². The molecule has 0 amide bonds. The van der Waals surface area contributed by atoms with Gasteiger partial charge in [0.1, 0.15) is 18.3 Å². The summed E-state index contributed by atoms with van der Waals surface area (Å²) in [5.41, 5.74) is 0. The first-order valence-corrected chi connectivity index (χ1v) is 7.05. The first kappa shape index (κ1) is 12.8. The summed E-state index contributed by atoms with van der Waals surface area (Å²) in [7, 11) is 0. The Balaban J connectivity index is 1.60. The molecule has 3 aliphatic rings. The second-order valence-electron chi connectivity index (χ2n) is 5.15. The van der Waals surface area contributed by atoms with Gasteiger partial charge in [-0.1, -0.05) is 26.7 Å². The van der Waals surface area contributed by atoms with Gasteiger partial charge in [-0.05, 0) is 12.8 Å². The highest BCUT2D eigenvalue weighted by atomic mass is 16.8. The van der Waals surface area contributed by atoms with Crippen molar-refractivity contribution >= 4 is 0 Å². The van der Waals surface area contributed by atoms with Crippen molar-refractivity contribution < 1.29 is 23.7 Å². The third-order valence-corrected chi connectivity index (χ3v) is 3.67. The van der Waals surface area contributed by atoms with E-state index in [9.17, 15) is 0 Å². The van der Waals surface area contributed by atoms with Gasteiger partial charge in [-0.25, -0.2) is 0 Å². The fourth-order valence-electron chi connectivity index (χ4n) is 2.78. The molecule has 0 saturated carbocycles. The van der Waals surface area contributed by atoms with Crippen LogP contribution in [-0.4, -0.2) is 43.8 Å². The van der Waals surface area contributed by atoms with E-state index < -0.39 is 0 Å². The Morgan fingerprint density at radius 1 is 0.833 bits per heavy atom. The Morgan fingerprint density at radius 2 is 1.56 bits per heavy atom. The van der Waals surface area contributed by atoms with Crippen molar-refractivity contribution in [2.24, 2.45) is 0 Å². The van der Waals surface area contributed by atoms with Crippen molar-refractivity contribution in [3.8, 4) is 0 Å². The van der Waals surface area contributed by atoms with Gasteiger partial charge in [0.15, 0.2) is 18.9 Å². The van der Waals surface area contributed by atoms with Crippen LogP contribution in [0.1, 0.15) is 39.5 Å². The molecule has 3 rings (SSSR count). The molecule has 0 aromatic rings. The second-order valence-corrected chi connectivity index (χ2v) is 5.15. The van der Waals surface area contributed by atoms with Crippen LogP contribution in [-0.2, 0) is 23.7 Å². The van der Waals surface area contributed by atoms with E-state index in [-0.39, 0.29) is 37.2 Å². The smallest absolute Gasteiger partial charge is 0.190 e. The molecular weight excluding hydrogens is 236 g/mol. The van der Waals surface area contributed by atoms with Gasteiger partial charge >= 0.3 is 0 Å². The summed E-state index contributed by atoms with van der Waals surface area (Å²) < 4.78 is 29.0. The highest BCUT2D eigenvalue weighted by Crippen LogP contribution is 2.38. The van der Waals surface area contributed by atoms with Crippen molar-refractivity contribution in [1.29, 1.82) is 0 Å². The molecule has 104 valence electrons. The fourth-order valence-corrected chi connectivity index (χ4v) is 2.78. The third kappa shape index (κ3) is 2.30. The molecular formula is C13H22O5. The highest BCUT2D eigenvalue weighted by molar-refractivity contribution is 4.94. The van der Waals surface area contributed by atoms with E-state index in [1.807, 2.05) is 0 Å². The van der Waals surface area contributed by atoms with E-state index in [1.54, 1.807) is 0 Å². The summed E-state index contributed by atoms with van der Waals surface area (Å²) in [6.45, 7) is 4.82. The Kier molecular flexibility index (Phi) is 3.86. The second kappa shape index (κ2) is 5.43. The molecule has 3 heterocycles. The Hall–Kier alpha value is -0.200. The average Bonchev–Trinajstić information content (AvgIpc) is 2.87. The van der Waals surface area contributed by atoms with E-state index >= 15 is 0 Å². The molecule has 0 spiro atoms. The first-order valence-electron chi connectivity index (χ1n) is 7.05. The first-order chi connectivity index (χ1) is 8.81. The number of hydrogen-bond acceptors (Lipinski definition) is 5. The van der Waals surface area contributed by atoms with Gasteiger partial charge in [-0.2, -0.15) is 0 Å². The van der Waals surface area contributed by atoms with Gasteiger partial charge in [-0.15, -0.1) is 0 Å². The third-order valence-electron chi connectivity index (χ3n) is 3.67. The summed E-state index contributed by atoms with van der Waals surface area (Å²) in [4.78, 5) is 0. The predicted octanol–water partition coefficient (Wildman–Crippen LogP) is 1.79. The van der Waals surface area contributed by atoms with Crippen LogP contribution in [0.2, 0.25) is 0 Å². The van der Waals surface area contributed by atoms with Crippen LogP contribution in [0.4, 0.5) is 0 Å². The molecule has 0 bridgehead atoms. The van der Waals surface area contributed by atoms with Crippen molar-refractivity contribution in [2.45, 2.75) is 76.7 Å². The van der Waals surface area contributed by atoms with Crippen LogP contribution in [0.5, 0.6) is 0 Å². The average molecular weight is 258 g/mol. The van der Waals surface area contributed by atoms with Crippen LogP contribution in [0.25, 0.3) is 0 Å². The summed E-state index contributed by atoms with van der Waals surface area (Å²) in [6.07, 6.45) is 3.21. The van der Waals surface area contributed by atoms with Gasteiger partial charge in [0, 0.05) is 0 Å². The Bertz CT molecular complexity index is 285. The Morgan fingerprint density at radius 3 is 2.33 bits per heavy atom. The number of rotatable bonds is 4. The van der Waals surface area contributed by atoms with E-state index in [1.165, 1.54) is 0 Å². The zero-order valence-corrected chi connectivity index (χ0v) is 11.0. The van der Waals surface area contributed by atoms with Gasteiger partial charge < -0.3 is 23.7 Å². The minimum atomic E-state index is -0.277. The van der Waals surface area contributed by atoms with E-state index in [4.69, 9.17) is 23.7 Å². The zero-order chi connectivity index (χ0) is 12.5. The lowest BCUT2D eigenvalue weighted by molar-refractivity contribution is -0.270. The maximum absolute atomic E-state index is 5.94. The van der Waals surface area contributed by atoms with Gasteiger partial charge in [0.25, 0.3) is 0 Å². The summed E-state index contributed by atoms with van der Waals surface area (Å²) in [5, 5.41) is 0. The van der Waals surface area contributed by atoms with Gasteiger partial charge in [0.05, 0.1) is 6.61 Å². The molecule has 0 aromatic carbocycles. The van der Waals surface area contributed by atoms with Crippen LogP contribution >= 0.6 is 0 Å². The van der Waals surface area contributed by atoms with Crippen LogP contribution in [0.3, 0.4) is 0 Å². The number of ether oxygens (including phenoxy) is 5. The summed E-state index contributed by atoms with van der Waals surface area (Å²) in [5.74, 6) is 0. The van der Waals surface area contributed by atoms with E-state index in [0.717, 1.165) is 25.7 Å². The van der Waals surface area contributed by atoms with Crippen molar-refractivity contribution in [3.63, 3.8) is 0 Å². The number of hydrogen-bond donors (Lipinski definition) is 0.